The first-order chi connectivity index (χ1) is 11.0. The molecule has 1 aliphatic carbocycles. The van der Waals surface area contributed by atoms with E-state index in [1.54, 1.807) is 17.0 Å². The number of hydrogen-bond donors (Lipinski definition) is 1. The van der Waals surface area contributed by atoms with E-state index in [9.17, 15) is 14.0 Å². The number of rotatable bonds is 4. The molecular weight excluding hydrogens is 297 g/mol. The summed E-state index contributed by atoms with van der Waals surface area (Å²) in [6.07, 6.45) is 2.42. The van der Waals surface area contributed by atoms with Crippen LogP contribution in [0.1, 0.15) is 30.1 Å². The molecule has 6 heteroatoms. The maximum atomic E-state index is 14.2. The quantitative estimate of drug-likeness (QED) is 0.866. The molecule has 0 unspecified atom stereocenters. The molecule has 0 bridgehead atoms. The van der Waals surface area contributed by atoms with Gasteiger partial charge in [-0.1, -0.05) is 0 Å². The van der Waals surface area contributed by atoms with Crippen molar-refractivity contribution in [1.29, 1.82) is 0 Å². The van der Waals surface area contributed by atoms with Gasteiger partial charge < -0.3 is 15.1 Å². The molecule has 1 aromatic rings. The zero-order chi connectivity index (χ0) is 16.4. The molecule has 2 aliphatic rings. The Morgan fingerprint density at radius 2 is 1.91 bits per heavy atom. The highest BCUT2D eigenvalue weighted by molar-refractivity contribution is 5.94. The van der Waals surface area contributed by atoms with Gasteiger partial charge in [0.05, 0.1) is 5.69 Å². The molecule has 1 aromatic carbocycles. The summed E-state index contributed by atoms with van der Waals surface area (Å²) in [7, 11) is 0. The topological polar surface area (TPSA) is 52.7 Å². The normalized spacial score (nSPS) is 18.0. The number of anilines is 1. The van der Waals surface area contributed by atoms with Crippen molar-refractivity contribution in [2.24, 2.45) is 5.92 Å². The molecule has 1 heterocycles. The molecule has 0 spiro atoms. The zero-order valence-corrected chi connectivity index (χ0v) is 13.3. The number of hydrogen-bond acceptors (Lipinski definition) is 3. The molecule has 124 valence electrons. The van der Waals surface area contributed by atoms with E-state index in [0.717, 1.165) is 6.54 Å². The van der Waals surface area contributed by atoms with Crippen LogP contribution in [0.4, 0.5) is 14.9 Å². The van der Waals surface area contributed by atoms with Crippen LogP contribution in [-0.4, -0.2) is 49.4 Å². The Kier molecular flexibility index (Phi) is 4.50. The predicted molar refractivity (Wildman–Crippen MR) is 86.3 cm³/mol. The summed E-state index contributed by atoms with van der Waals surface area (Å²) in [6, 6.07) is 4.56. The Labute approximate surface area is 135 Å². The minimum Gasteiger partial charge on any atom is -0.366 e. The van der Waals surface area contributed by atoms with Gasteiger partial charge in [-0.3, -0.25) is 4.79 Å². The second-order valence-electron chi connectivity index (χ2n) is 6.33. The van der Waals surface area contributed by atoms with Crippen LogP contribution >= 0.6 is 0 Å². The number of ketones is 1. The van der Waals surface area contributed by atoms with Gasteiger partial charge in [0.2, 0.25) is 0 Å². The molecular formula is C17H22FN3O2. The molecule has 2 fully saturated rings. The summed E-state index contributed by atoms with van der Waals surface area (Å²) in [5.41, 5.74) is 0.873. The number of carbonyl (C=O) groups is 2. The van der Waals surface area contributed by atoms with Gasteiger partial charge in [-0.2, -0.15) is 0 Å². The fraction of sp³-hybridized carbons (Fsp3) is 0.529. The number of amides is 2. The van der Waals surface area contributed by atoms with Crippen molar-refractivity contribution in [3.05, 3.63) is 29.6 Å². The number of carbonyl (C=O) groups excluding carboxylic acids is 2. The zero-order valence-electron chi connectivity index (χ0n) is 13.3. The summed E-state index contributed by atoms with van der Waals surface area (Å²) < 4.78 is 14.2. The number of urea groups is 1. The lowest BCUT2D eigenvalue weighted by molar-refractivity contribution is 0.101. The van der Waals surface area contributed by atoms with Gasteiger partial charge in [-0.25, -0.2) is 9.18 Å². The maximum Gasteiger partial charge on any atom is 0.317 e. The average molecular weight is 319 g/mol. The van der Waals surface area contributed by atoms with Crippen LogP contribution in [-0.2, 0) is 0 Å². The molecule has 1 saturated carbocycles. The number of halogens is 1. The van der Waals surface area contributed by atoms with Crippen LogP contribution in [0.2, 0.25) is 0 Å². The van der Waals surface area contributed by atoms with Crippen LogP contribution in [0.5, 0.6) is 0 Å². The molecule has 1 aliphatic heterocycles. The third-order valence-corrected chi connectivity index (χ3v) is 4.50. The van der Waals surface area contributed by atoms with Crippen LogP contribution in [0.15, 0.2) is 18.2 Å². The van der Waals surface area contributed by atoms with E-state index in [4.69, 9.17) is 0 Å². The van der Waals surface area contributed by atoms with E-state index >= 15 is 0 Å². The maximum absolute atomic E-state index is 14.2. The van der Waals surface area contributed by atoms with Crippen LogP contribution in [0, 0.1) is 11.7 Å². The minimum absolute atomic E-state index is 0.0241. The molecule has 0 atom stereocenters. The lowest BCUT2D eigenvalue weighted by atomic mass is 10.1. The van der Waals surface area contributed by atoms with Crippen molar-refractivity contribution in [2.45, 2.75) is 19.8 Å². The van der Waals surface area contributed by atoms with Crippen molar-refractivity contribution in [3.8, 4) is 0 Å². The third-order valence-electron chi connectivity index (χ3n) is 4.50. The van der Waals surface area contributed by atoms with Gasteiger partial charge in [0, 0.05) is 38.3 Å². The summed E-state index contributed by atoms with van der Waals surface area (Å²) in [5, 5.41) is 2.96. The first-order valence-electron chi connectivity index (χ1n) is 8.13. The van der Waals surface area contributed by atoms with E-state index < -0.39 is 0 Å². The van der Waals surface area contributed by atoms with Crippen LogP contribution in [0.3, 0.4) is 0 Å². The fourth-order valence-electron chi connectivity index (χ4n) is 2.80. The second-order valence-corrected chi connectivity index (χ2v) is 6.33. The fourth-order valence-corrected chi connectivity index (χ4v) is 2.80. The Hall–Kier alpha value is -2.11. The van der Waals surface area contributed by atoms with Gasteiger partial charge >= 0.3 is 6.03 Å². The highest BCUT2D eigenvalue weighted by Gasteiger charge is 2.25. The summed E-state index contributed by atoms with van der Waals surface area (Å²) in [4.78, 5) is 27.0. The Morgan fingerprint density at radius 3 is 2.48 bits per heavy atom. The Balaban J connectivity index is 1.55. The number of nitrogens with one attached hydrogen (secondary N) is 1. The Bertz CT molecular complexity index is 608. The van der Waals surface area contributed by atoms with E-state index in [1.165, 1.54) is 25.8 Å². The lowest BCUT2D eigenvalue weighted by Gasteiger charge is -2.36. The van der Waals surface area contributed by atoms with Crippen LogP contribution in [0.25, 0.3) is 0 Å². The van der Waals surface area contributed by atoms with Crippen molar-refractivity contribution in [3.63, 3.8) is 0 Å². The van der Waals surface area contributed by atoms with Crippen molar-refractivity contribution in [2.75, 3.05) is 37.6 Å². The lowest BCUT2D eigenvalue weighted by Crippen LogP contribution is -2.52. The van der Waals surface area contributed by atoms with E-state index in [2.05, 4.69) is 5.32 Å². The van der Waals surface area contributed by atoms with Crippen molar-refractivity contribution in [1.82, 2.24) is 10.2 Å². The van der Waals surface area contributed by atoms with E-state index in [1.807, 2.05) is 4.90 Å². The average Bonchev–Trinajstić information content (AvgIpc) is 3.37. The number of piperazine rings is 1. The highest BCUT2D eigenvalue weighted by Crippen LogP contribution is 2.27. The second kappa shape index (κ2) is 6.56. The van der Waals surface area contributed by atoms with E-state index in [-0.39, 0.29) is 17.6 Å². The van der Waals surface area contributed by atoms with E-state index in [0.29, 0.717) is 43.3 Å². The number of nitrogens with zero attached hydrogens (tertiary/aromatic N) is 2. The summed E-state index contributed by atoms with van der Waals surface area (Å²) >= 11 is 0. The van der Waals surface area contributed by atoms with Gasteiger partial charge in [0.25, 0.3) is 0 Å². The van der Waals surface area contributed by atoms with Crippen molar-refractivity contribution < 1.29 is 14.0 Å². The first-order valence-corrected chi connectivity index (χ1v) is 8.13. The first kappa shape index (κ1) is 15.8. The minimum atomic E-state index is -0.385. The molecule has 23 heavy (non-hydrogen) atoms. The molecule has 5 nitrogen and oxygen atoms in total. The number of benzene rings is 1. The third kappa shape index (κ3) is 3.81. The van der Waals surface area contributed by atoms with Gasteiger partial charge in [0.1, 0.15) is 5.82 Å². The summed E-state index contributed by atoms with van der Waals surface area (Å²) in [6.45, 7) is 4.52. The molecule has 1 saturated heterocycles. The standard InChI is InChI=1S/C17H22FN3O2/c1-12(22)14-4-5-16(15(18)10-14)20-6-8-21(9-7-20)17(23)19-11-13-2-3-13/h4-5,10,13H,2-3,6-9,11H2,1H3,(H,19,23). The number of Topliss-reactive ketones (excluding diaryl/α,β-unsaturated/α-hetero) is 1. The molecule has 3 rings (SSSR count). The van der Waals surface area contributed by atoms with Crippen LogP contribution < -0.4 is 10.2 Å². The smallest absolute Gasteiger partial charge is 0.317 e. The molecule has 2 amide bonds. The monoisotopic (exact) mass is 319 g/mol. The Morgan fingerprint density at radius 1 is 1.22 bits per heavy atom. The SMILES string of the molecule is CC(=O)c1ccc(N2CCN(C(=O)NCC3CC3)CC2)c(F)c1. The largest absolute Gasteiger partial charge is 0.366 e. The molecule has 0 aromatic heterocycles. The van der Waals surface area contributed by atoms with Gasteiger partial charge in [-0.05, 0) is 43.9 Å². The molecule has 0 radical (unpaired) electrons. The van der Waals surface area contributed by atoms with Gasteiger partial charge in [0.15, 0.2) is 5.78 Å². The summed E-state index contributed by atoms with van der Waals surface area (Å²) in [5.74, 6) is 0.131. The van der Waals surface area contributed by atoms with Gasteiger partial charge in [-0.15, -0.1) is 0 Å². The predicted octanol–water partition coefficient (Wildman–Crippen LogP) is 2.27. The highest BCUT2D eigenvalue weighted by atomic mass is 19.1. The molecule has 1 N–H and O–H groups in total. The van der Waals surface area contributed by atoms with Crippen molar-refractivity contribution >= 4 is 17.5 Å².